The molecule has 2 rings (SSSR count). The molecule has 2 N–H and O–H groups in total. The molecule has 0 fully saturated rings. The highest BCUT2D eigenvalue weighted by Crippen LogP contribution is 2.28. The van der Waals surface area contributed by atoms with Gasteiger partial charge < -0.3 is 9.84 Å². The van der Waals surface area contributed by atoms with Crippen molar-refractivity contribution >= 4 is 33.3 Å². The maximum absolute atomic E-state index is 12.5. The molecule has 0 unspecified atom stereocenters. The third-order valence-electron chi connectivity index (χ3n) is 3.04. The molecule has 0 aliphatic heterocycles. The number of carboxylic acid groups (broad SMARTS) is 1. The second-order valence-electron chi connectivity index (χ2n) is 4.93. The maximum Gasteiger partial charge on any atom is 0.335 e. The van der Waals surface area contributed by atoms with Crippen molar-refractivity contribution in [2.45, 2.75) is 18.2 Å². The van der Waals surface area contributed by atoms with Crippen molar-refractivity contribution in [2.24, 2.45) is 0 Å². The standard InChI is InChI=1S/C16H16ClNO5S/c1-2-8-23-15-10-13(6-7-14(15)17)24(21,22)18-12-5-3-4-11(9-12)16(19)20/h3-7,9-10,18H,2,8H2,1H3,(H,19,20). The summed E-state index contributed by atoms with van der Waals surface area (Å²) in [4.78, 5) is 10.9. The molecule has 0 saturated heterocycles. The van der Waals surface area contributed by atoms with Crippen molar-refractivity contribution < 1.29 is 23.1 Å². The Bertz CT molecular complexity index is 851. The van der Waals surface area contributed by atoms with Crippen molar-refractivity contribution in [1.29, 1.82) is 0 Å². The van der Waals surface area contributed by atoms with Crippen LogP contribution < -0.4 is 9.46 Å². The maximum atomic E-state index is 12.5. The first kappa shape index (κ1) is 18.1. The van der Waals surface area contributed by atoms with Gasteiger partial charge >= 0.3 is 5.97 Å². The van der Waals surface area contributed by atoms with E-state index >= 15 is 0 Å². The fraction of sp³-hybridized carbons (Fsp3) is 0.188. The summed E-state index contributed by atoms with van der Waals surface area (Å²) in [6.45, 7) is 2.34. The zero-order valence-electron chi connectivity index (χ0n) is 12.8. The Balaban J connectivity index is 2.30. The Labute approximate surface area is 145 Å². The lowest BCUT2D eigenvalue weighted by Crippen LogP contribution is -2.13. The van der Waals surface area contributed by atoms with E-state index in [9.17, 15) is 13.2 Å². The highest BCUT2D eigenvalue weighted by atomic mass is 35.5. The van der Waals surface area contributed by atoms with Gasteiger partial charge in [0.2, 0.25) is 0 Å². The van der Waals surface area contributed by atoms with Crippen LogP contribution in [0.1, 0.15) is 23.7 Å². The van der Waals surface area contributed by atoms with Crippen LogP contribution >= 0.6 is 11.6 Å². The number of halogens is 1. The molecular weight excluding hydrogens is 354 g/mol. The summed E-state index contributed by atoms with van der Waals surface area (Å²) in [5, 5.41) is 9.28. The summed E-state index contributed by atoms with van der Waals surface area (Å²) in [5.74, 6) is -0.863. The number of carboxylic acids is 1. The number of benzene rings is 2. The van der Waals surface area contributed by atoms with E-state index in [1.807, 2.05) is 6.92 Å². The SMILES string of the molecule is CCCOc1cc(S(=O)(=O)Nc2cccc(C(=O)O)c2)ccc1Cl. The lowest BCUT2D eigenvalue weighted by Gasteiger charge is -2.11. The number of hydrogen-bond donors (Lipinski definition) is 2. The summed E-state index contributed by atoms with van der Waals surface area (Å²) in [6, 6.07) is 9.66. The zero-order chi connectivity index (χ0) is 17.7. The van der Waals surface area contributed by atoms with Gasteiger partial charge in [-0.25, -0.2) is 13.2 Å². The molecule has 24 heavy (non-hydrogen) atoms. The molecule has 128 valence electrons. The third-order valence-corrected chi connectivity index (χ3v) is 4.73. The number of ether oxygens (including phenoxy) is 1. The van der Waals surface area contributed by atoms with Gasteiger partial charge in [-0.15, -0.1) is 0 Å². The molecular formula is C16H16ClNO5S. The largest absolute Gasteiger partial charge is 0.492 e. The number of hydrogen-bond acceptors (Lipinski definition) is 4. The van der Waals surface area contributed by atoms with E-state index in [0.717, 1.165) is 6.42 Å². The average Bonchev–Trinajstić information content (AvgIpc) is 2.53. The van der Waals surface area contributed by atoms with Gasteiger partial charge in [0, 0.05) is 11.8 Å². The molecule has 0 radical (unpaired) electrons. The van der Waals surface area contributed by atoms with Crippen LogP contribution in [0.3, 0.4) is 0 Å². The molecule has 0 aromatic heterocycles. The van der Waals surface area contributed by atoms with Gasteiger partial charge in [-0.2, -0.15) is 0 Å². The van der Waals surface area contributed by atoms with Crippen LogP contribution in [0.4, 0.5) is 5.69 Å². The van der Waals surface area contributed by atoms with Crippen LogP contribution in [0.5, 0.6) is 5.75 Å². The first-order valence-electron chi connectivity index (χ1n) is 7.12. The molecule has 6 nitrogen and oxygen atoms in total. The lowest BCUT2D eigenvalue weighted by molar-refractivity contribution is 0.0697. The van der Waals surface area contributed by atoms with Gasteiger partial charge in [0.15, 0.2) is 0 Å². The Morgan fingerprint density at radius 3 is 2.67 bits per heavy atom. The Morgan fingerprint density at radius 1 is 1.25 bits per heavy atom. The van der Waals surface area contributed by atoms with Crippen LogP contribution in [-0.2, 0) is 10.0 Å². The fourth-order valence-corrected chi connectivity index (χ4v) is 3.14. The van der Waals surface area contributed by atoms with Crippen molar-refractivity contribution in [3.05, 3.63) is 53.1 Å². The smallest absolute Gasteiger partial charge is 0.335 e. The first-order valence-corrected chi connectivity index (χ1v) is 8.98. The van der Waals surface area contributed by atoms with Gasteiger partial charge in [-0.3, -0.25) is 4.72 Å². The van der Waals surface area contributed by atoms with Crippen LogP contribution in [-0.4, -0.2) is 26.1 Å². The number of carbonyl (C=O) groups is 1. The van der Waals surface area contributed by atoms with Gasteiger partial charge in [0.05, 0.1) is 22.1 Å². The summed E-state index contributed by atoms with van der Waals surface area (Å²) >= 11 is 5.99. The molecule has 0 aliphatic rings. The minimum atomic E-state index is -3.90. The Hall–Kier alpha value is -2.25. The second kappa shape index (κ2) is 7.55. The van der Waals surface area contributed by atoms with E-state index in [2.05, 4.69) is 4.72 Å². The van der Waals surface area contributed by atoms with Gasteiger partial charge in [-0.1, -0.05) is 24.6 Å². The molecule has 0 saturated carbocycles. The Morgan fingerprint density at radius 2 is 2.00 bits per heavy atom. The van der Waals surface area contributed by atoms with E-state index in [1.165, 1.54) is 42.5 Å². The zero-order valence-corrected chi connectivity index (χ0v) is 14.4. The average molecular weight is 370 g/mol. The summed E-state index contributed by atoms with van der Waals surface area (Å²) < 4.78 is 32.7. The molecule has 0 aliphatic carbocycles. The monoisotopic (exact) mass is 369 g/mol. The van der Waals surface area contributed by atoms with Gasteiger partial charge in [-0.05, 0) is 36.8 Å². The fourth-order valence-electron chi connectivity index (χ4n) is 1.90. The second-order valence-corrected chi connectivity index (χ2v) is 7.02. The number of aromatic carboxylic acids is 1. The van der Waals surface area contributed by atoms with E-state index < -0.39 is 16.0 Å². The minimum absolute atomic E-state index is 0.0155. The van der Waals surface area contributed by atoms with Crippen molar-refractivity contribution in [3.63, 3.8) is 0 Å². The van der Waals surface area contributed by atoms with Crippen molar-refractivity contribution in [1.82, 2.24) is 0 Å². The molecule has 2 aromatic carbocycles. The van der Waals surface area contributed by atoms with Crippen LogP contribution in [0.15, 0.2) is 47.4 Å². The van der Waals surface area contributed by atoms with Crippen LogP contribution in [0, 0.1) is 0 Å². The van der Waals surface area contributed by atoms with E-state index in [4.69, 9.17) is 21.4 Å². The molecule has 0 amide bonds. The minimum Gasteiger partial charge on any atom is -0.492 e. The quantitative estimate of drug-likeness (QED) is 0.777. The van der Waals surface area contributed by atoms with E-state index in [1.54, 1.807) is 0 Å². The molecule has 0 bridgehead atoms. The van der Waals surface area contributed by atoms with Gasteiger partial charge in [0.25, 0.3) is 10.0 Å². The van der Waals surface area contributed by atoms with Crippen LogP contribution in [0.2, 0.25) is 5.02 Å². The topological polar surface area (TPSA) is 92.7 Å². The first-order chi connectivity index (χ1) is 11.3. The molecule has 2 aromatic rings. The van der Waals surface area contributed by atoms with E-state index in [0.29, 0.717) is 11.6 Å². The van der Waals surface area contributed by atoms with Crippen molar-refractivity contribution in [3.8, 4) is 5.75 Å². The molecule has 0 heterocycles. The number of nitrogens with one attached hydrogen (secondary N) is 1. The number of rotatable bonds is 7. The number of anilines is 1. The normalized spacial score (nSPS) is 11.1. The predicted molar refractivity (Wildman–Crippen MR) is 91.4 cm³/mol. The Kier molecular flexibility index (Phi) is 5.69. The molecule has 0 atom stereocenters. The summed E-state index contributed by atoms with van der Waals surface area (Å²) in [5.41, 5.74) is 0.138. The third kappa shape index (κ3) is 4.39. The lowest BCUT2D eigenvalue weighted by atomic mass is 10.2. The summed E-state index contributed by atoms with van der Waals surface area (Å²) in [6.07, 6.45) is 0.757. The molecule has 8 heteroatoms. The molecule has 0 spiro atoms. The van der Waals surface area contributed by atoms with E-state index in [-0.39, 0.29) is 21.9 Å². The summed E-state index contributed by atoms with van der Waals surface area (Å²) in [7, 11) is -3.90. The van der Waals surface area contributed by atoms with Crippen LogP contribution in [0.25, 0.3) is 0 Å². The predicted octanol–water partition coefficient (Wildman–Crippen LogP) is 3.63. The number of sulfonamides is 1. The highest BCUT2D eigenvalue weighted by molar-refractivity contribution is 7.92. The van der Waals surface area contributed by atoms with Crippen molar-refractivity contribution in [2.75, 3.05) is 11.3 Å². The highest BCUT2D eigenvalue weighted by Gasteiger charge is 2.17. The van der Waals surface area contributed by atoms with Gasteiger partial charge in [0.1, 0.15) is 5.75 Å².